The third-order valence-corrected chi connectivity index (χ3v) is 4.56. The number of benzene rings is 2. The van der Waals surface area contributed by atoms with Crippen LogP contribution in [0, 0.1) is 6.92 Å². The summed E-state index contributed by atoms with van der Waals surface area (Å²) in [5.74, 6) is -0.142. The second-order valence-corrected chi connectivity index (χ2v) is 6.63. The molecule has 6 nitrogen and oxygen atoms in total. The summed E-state index contributed by atoms with van der Waals surface area (Å²) in [6.45, 7) is 2.21. The molecular formula is C22H21N5O. The van der Waals surface area contributed by atoms with Crippen LogP contribution in [0.4, 0.5) is 0 Å². The molecule has 0 bridgehead atoms. The van der Waals surface area contributed by atoms with Gasteiger partial charge in [-0.05, 0) is 19.1 Å². The lowest BCUT2D eigenvalue weighted by Gasteiger charge is -2.05. The molecule has 0 unspecified atom stereocenters. The Morgan fingerprint density at radius 2 is 1.64 bits per heavy atom. The lowest BCUT2D eigenvalue weighted by Crippen LogP contribution is -2.23. The standard InChI is InChI=1S/C22H21N5O/c1-16-20(15-26(2)24-16)22(28)23-13-18-14-27(19-11-7-4-8-12-19)25-21(18)17-9-5-3-6-10-17/h3-12,14-15H,13H2,1-2H3,(H,23,28). The van der Waals surface area contributed by atoms with Gasteiger partial charge in [0, 0.05) is 37.1 Å². The monoisotopic (exact) mass is 371 g/mol. The van der Waals surface area contributed by atoms with Crippen molar-refractivity contribution in [3.8, 4) is 16.9 Å². The lowest BCUT2D eigenvalue weighted by atomic mass is 10.1. The summed E-state index contributed by atoms with van der Waals surface area (Å²) in [6, 6.07) is 19.9. The SMILES string of the molecule is Cc1nn(C)cc1C(=O)NCc1cn(-c2ccccc2)nc1-c1ccccc1. The Kier molecular flexibility index (Phi) is 4.76. The van der Waals surface area contributed by atoms with Crippen molar-refractivity contribution in [1.82, 2.24) is 24.9 Å². The summed E-state index contributed by atoms with van der Waals surface area (Å²) in [7, 11) is 1.81. The van der Waals surface area contributed by atoms with Gasteiger partial charge in [0.1, 0.15) is 0 Å². The van der Waals surface area contributed by atoms with Gasteiger partial charge >= 0.3 is 0 Å². The van der Waals surface area contributed by atoms with Crippen LogP contribution in [-0.2, 0) is 13.6 Å². The zero-order valence-corrected chi connectivity index (χ0v) is 15.8. The van der Waals surface area contributed by atoms with Crippen molar-refractivity contribution < 1.29 is 4.79 Å². The number of hydrogen-bond donors (Lipinski definition) is 1. The maximum Gasteiger partial charge on any atom is 0.255 e. The topological polar surface area (TPSA) is 64.7 Å². The first-order chi connectivity index (χ1) is 13.6. The molecule has 0 saturated carbocycles. The van der Waals surface area contributed by atoms with Crippen LogP contribution in [0.3, 0.4) is 0 Å². The minimum absolute atomic E-state index is 0.142. The molecule has 0 aliphatic carbocycles. The number of nitrogens with one attached hydrogen (secondary N) is 1. The molecule has 2 aromatic carbocycles. The summed E-state index contributed by atoms with van der Waals surface area (Å²) in [5.41, 5.74) is 5.08. The van der Waals surface area contributed by atoms with E-state index in [1.54, 1.807) is 17.9 Å². The molecule has 0 saturated heterocycles. The first kappa shape index (κ1) is 17.7. The Morgan fingerprint density at radius 1 is 0.964 bits per heavy atom. The van der Waals surface area contributed by atoms with Crippen molar-refractivity contribution in [2.45, 2.75) is 13.5 Å². The van der Waals surface area contributed by atoms with Crippen molar-refractivity contribution >= 4 is 5.91 Å². The minimum Gasteiger partial charge on any atom is -0.348 e. The van der Waals surface area contributed by atoms with Gasteiger partial charge in [0.2, 0.25) is 0 Å². The smallest absolute Gasteiger partial charge is 0.255 e. The van der Waals surface area contributed by atoms with Gasteiger partial charge in [0.25, 0.3) is 5.91 Å². The molecule has 0 aliphatic heterocycles. The van der Waals surface area contributed by atoms with Crippen molar-refractivity contribution in [2.75, 3.05) is 0 Å². The number of amides is 1. The van der Waals surface area contributed by atoms with E-state index in [4.69, 9.17) is 5.10 Å². The third kappa shape index (κ3) is 3.57. The Balaban J connectivity index is 1.64. The minimum atomic E-state index is -0.142. The van der Waals surface area contributed by atoms with Crippen molar-refractivity contribution in [3.63, 3.8) is 0 Å². The zero-order valence-electron chi connectivity index (χ0n) is 15.8. The number of carbonyl (C=O) groups excluding carboxylic acids is 1. The van der Waals surface area contributed by atoms with Crippen LogP contribution in [0.5, 0.6) is 0 Å². The van der Waals surface area contributed by atoms with E-state index >= 15 is 0 Å². The third-order valence-electron chi connectivity index (χ3n) is 4.56. The van der Waals surface area contributed by atoms with Crippen LogP contribution in [0.2, 0.25) is 0 Å². The molecule has 140 valence electrons. The van der Waals surface area contributed by atoms with Crippen molar-refractivity contribution in [2.24, 2.45) is 7.05 Å². The molecule has 0 spiro atoms. The zero-order chi connectivity index (χ0) is 19.5. The van der Waals surface area contributed by atoms with Crippen molar-refractivity contribution in [3.05, 3.63) is 89.9 Å². The molecule has 4 rings (SSSR count). The van der Waals surface area contributed by atoms with Crippen molar-refractivity contribution in [1.29, 1.82) is 0 Å². The van der Waals surface area contributed by atoms with Crippen LogP contribution in [-0.4, -0.2) is 25.5 Å². The number of carbonyl (C=O) groups is 1. The van der Waals surface area contributed by atoms with Gasteiger partial charge in [-0.15, -0.1) is 0 Å². The highest BCUT2D eigenvalue weighted by Crippen LogP contribution is 2.23. The number of aryl methyl sites for hydroxylation is 2. The highest BCUT2D eigenvalue weighted by Gasteiger charge is 2.16. The van der Waals surface area contributed by atoms with Gasteiger partial charge < -0.3 is 5.32 Å². The quantitative estimate of drug-likeness (QED) is 0.584. The summed E-state index contributed by atoms with van der Waals surface area (Å²) < 4.78 is 3.49. The second kappa shape index (κ2) is 7.52. The summed E-state index contributed by atoms with van der Waals surface area (Å²) in [6.07, 6.45) is 3.70. The van der Waals surface area contributed by atoms with E-state index in [1.165, 1.54) is 0 Å². The van der Waals surface area contributed by atoms with E-state index in [0.717, 1.165) is 22.5 Å². The van der Waals surface area contributed by atoms with Crippen LogP contribution < -0.4 is 5.32 Å². The number of para-hydroxylation sites is 1. The summed E-state index contributed by atoms with van der Waals surface area (Å²) >= 11 is 0. The van der Waals surface area contributed by atoms with E-state index in [1.807, 2.05) is 78.5 Å². The lowest BCUT2D eigenvalue weighted by molar-refractivity contribution is 0.0950. The number of nitrogens with zero attached hydrogens (tertiary/aromatic N) is 4. The van der Waals surface area contributed by atoms with Crippen LogP contribution >= 0.6 is 0 Å². The fourth-order valence-corrected chi connectivity index (χ4v) is 3.18. The van der Waals surface area contributed by atoms with Gasteiger partial charge in [-0.2, -0.15) is 10.2 Å². The highest BCUT2D eigenvalue weighted by atomic mass is 16.1. The molecule has 4 aromatic rings. The fourth-order valence-electron chi connectivity index (χ4n) is 3.18. The van der Waals surface area contributed by atoms with Crippen LogP contribution in [0.1, 0.15) is 21.6 Å². The van der Waals surface area contributed by atoms with Gasteiger partial charge in [0.15, 0.2) is 0 Å². The molecule has 1 amide bonds. The van der Waals surface area contributed by atoms with E-state index in [2.05, 4.69) is 10.4 Å². The highest BCUT2D eigenvalue weighted by molar-refractivity contribution is 5.95. The number of aromatic nitrogens is 4. The molecule has 28 heavy (non-hydrogen) atoms. The molecule has 0 aliphatic rings. The average molecular weight is 371 g/mol. The largest absolute Gasteiger partial charge is 0.348 e. The Bertz CT molecular complexity index is 1100. The van der Waals surface area contributed by atoms with E-state index in [0.29, 0.717) is 17.8 Å². The van der Waals surface area contributed by atoms with Gasteiger partial charge in [-0.25, -0.2) is 4.68 Å². The fraction of sp³-hybridized carbons (Fsp3) is 0.136. The molecule has 0 fully saturated rings. The first-order valence-corrected chi connectivity index (χ1v) is 9.09. The number of rotatable bonds is 5. The average Bonchev–Trinajstić information content (AvgIpc) is 3.30. The van der Waals surface area contributed by atoms with E-state index in [9.17, 15) is 4.79 Å². The maximum absolute atomic E-state index is 12.6. The molecule has 2 aromatic heterocycles. The van der Waals surface area contributed by atoms with Crippen LogP contribution in [0.25, 0.3) is 16.9 Å². The molecular weight excluding hydrogens is 350 g/mol. The van der Waals surface area contributed by atoms with Gasteiger partial charge in [-0.1, -0.05) is 48.5 Å². The molecule has 0 atom stereocenters. The van der Waals surface area contributed by atoms with E-state index < -0.39 is 0 Å². The predicted octanol–water partition coefficient (Wildman–Crippen LogP) is 3.51. The number of hydrogen-bond acceptors (Lipinski definition) is 3. The first-order valence-electron chi connectivity index (χ1n) is 9.09. The summed E-state index contributed by atoms with van der Waals surface area (Å²) in [5, 5.41) is 12.0. The Labute approximate surface area is 163 Å². The molecule has 1 N–H and O–H groups in total. The normalized spacial score (nSPS) is 10.8. The molecule has 0 radical (unpaired) electrons. The second-order valence-electron chi connectivity index (χ2n) is 6.63. The van der Waals surface area contributed by atoms with E-state index in [-0.39, 0.29) is 5.91 Å². The summed E-state index contributed by atoms with van der Waals surface area (Å²) in [4.78, 5) is 12.6. The van der Waals surface area contributed by atoms with Gasteiger partial charge in [0.05, 0.1) is 22.6 Å². The molecule has 2 heterocycles. The Morgan fingerprint density at radius 3 is 2.29 bits per heavy atom. The predicted molar refractivity (Wildman–Crippen MR) is 108 cm³/mol. The van der Waals surface area contributed by atoms with Crippen LogP contribution in [0.15, 0.2) is 73.1 Å². The Hall–Kier alpha value is -3.67. The maximum atomic E-state index is 12.6. The molecule has 6 heteroatoms. The van der Waals surface area contributed by atoms with Gasteiger partial charge in [-0.3, -0.25) is 9.48 Å².